The topological polar surface area (TPSA) is 9.23 Å². The molecule has 0 N–H and O–H groups in total. The van der Waals surface area contributed by atoms with E-state index in [0.717, 1.165) is 37.5 Å². The molecule has 2 fully saturated rings. The Morgan fingerprint density at radius 3 is 1.79 bits per heavy atom. The van der Waals surface area contributed by atoms with Crippen molar-refractivity contribution in [3.8, 4) is 5.75 Å². The summed E-state index contributed by atoms with van der Waals surface area (Å²) in [4.78, 5) is 0. The quantitative estimate of drug-likeness (QED) is 0.321. The first-order valence-electron chi connectivity index (χ1n) is 12.5. The summed E-state index contributed by atoms with van der Waals surface area (Å²) in [5.41, 5.74) is 0.444. The van der Waals surface area contributed by atoms with Gasteiger partial charge in [0.05, 0.1) is 0 Å². The van der Waals surface area contributed by atoms with E-state index in [1.165, 1.54) is 63.5 Å². The van der Waals surface area contributed by atoms with Gasteiger partial charge in [-0.05, 0) is 61.0 Å². The first-order chi connectivity index (χ1) is 15.6. The molecule has 0 amide bonds. The zero-order chi connectivity index (χ0) is 24.1. The number of para-hydroxylation sites is 1. The molecular weight excluding hydrogens is 442 g/mol. The van der Waals surface area contributed by atoms with Crippen molar-refractivity contribution in [2.45, 2.75) is 108 Å². The van der Waals surface area contributed by atoms with E-state index in [-0.39, 0.29) is 11.7 Å². The second-order valence-corrected chi connectivity index (χ2v) is 10.1. The molecule has 0 radical (unpaired) electrons. The minimum atomic E-state index is -5.69. The molecule has 188 valence electrons. The molecule has 0 heterocycles. The van der Waals surface area contributed by atoms with Gasteiger partial charge in [0.25, 0.3) is 6.17 Å². The molecule has 0 bridgehead atoms. The summed E-state index contributed by atoms with van der Waals surface area (Å²) in [6.07, 6.45) is -1.16. The van der Waals surface area contributed by atoms with Gasteiger partial charge in [0.1, 0.15) is 5.75 Å². The van der Waals surface area contributed by atoms with E-state index in [4.69, 9.17) is 0 Å². The maximum absolute atomic E-state index is 13.8. The van der Waals surface area contributed by atoms with Crippen LogP contribution in [0.1, 0.15) is 95.5 Å². The Morgan fingerprint density at radius 1 is 0.788 bits per heavy atom. The van der Waals surface area contributed by atoms with Crippen molar-refractivity contribution in [3.63, 3.8) is 0 Å². The summed E-state index contributed by atoms with van der Waals surface area (Å²) in [6.45, 7) is 2.25. The molecule has 7 heteroatoms. The average molecular weight is 479 g/mol. The SMILES string of the molecule is CCCC1CCC(CCC2CCC(c3ccccc3OC(F)(F)C(F)C(F)(F)F)CC2)CC1. The number of alkyl halides is 6. The Morgan fingerprint density at radius 2 is 1.27 bits per heavy atom. The maximum atomic E-state index is 13.8. The molecule has 1 atom stereocenters. The van der Waals surface area contributed by atoms with E-state index >= 15 is 0 Å². The van der Waals surface area contributed by atoms with E-state index in [2.05, 4.69) is 11.7 Å². The monoisotopic (exact) mass is 478 g/mol. The van der Waals surface area contributed by atoms with Crippen molar-refractivity contribution in [3.05, 3.63) is 29.8 Å². The largest absolute Gasteiger partial charge is 0.439 e. The van der Waals surface area contributed by atoms with E-state index in [1.54, 1.807) is 12.1 Å². The predicted octanol–water partition coefficient (Wildman–Crippen LogP) is 9.22. The van der Waals surface area contributed by atoms with Crippen LogP contribution >= 0.6 is 0 Å². The molecule has 33 heavy (non-hydrogen) atoms. The molecule has 0 aliphatic heterocycles. The first kappa shape index (κ1) is 26.2. The van der Waals surface area contributed by atoms with Gasteiger partial charge in [-0.15, -0.1) is 0 Å². The molecule has 0 saturated heterocycles. The lowest BCUT2D eigenvalue weighted by atomic mass is 9.74. The van der Waals surface area contributed by atoms with Gasteiger partial charge in [0.15, 0.2) is 0 Å². The van der Waals surface area contributed by atoms with Crippen LogP contribution in [0, 0.1) is 17.8 Å². The van der Waals surface area contributed by atoms with Crippen molar-refractivity contribution >= 4 is 0 Å². The minimum absolute atomic E-state index is 0.0679. The highest BCUT2D eigenvalue weighted by Gasteiger charge is 2.59. The zero-order valence-electron chi connectivity index (χ0n) is 19.4. The van der Waals surface area contributed by atoms with Gasteiger partial charge in [0.2, 0.25) is 0 Å². The van der Waals surface area contributed by atoms with Gasteiger partial charge in [-0.25, -0.2) is 4.39 Å². The number of ether oxygens (including phenoxy) is 1. The molecule has 1 nitrogen and oxygen atoms in total. The molecule has 1 unspecified atom stereocenters. The van der Waals surface area contributed by atoms with Crippen LogP contribution in [0.5, 0.6) is 5.75 Å². The van der Waals surface area contributed by atoms with Gasteiger partial charge in [-0.2, -0.15) is 22.0 Å². The highest BCUT2D eigenvalue weighted by atomic mass is 19.4. The highest BCUT2D eigenvalue weighted by Crippen LogP contribution is 2.44. The van der Waals surface area contributed by atoms with Crippen LogP contribution in [0.25, 0.3) is 0 Å². The number of hydrogen-bond acceptors (Lipinski definition) is 1. The molecule has 1 aromatic carbocycles. The van der Waals surface area contributed by atoms with Crippen LogP contribution in [-0.4, -0.2) is 18.5 Å². The second kappa shape index (κ2) is 11.4. The third kappa shape index (κ3) is 7.29. The van der Waals surface area contributed by atoms with Crippen molar-refractivity contribution in [2.75, 3.05) is 0 Å². The van der Waals surface area contributed by atoms with E-state index < -0.39 is 18.5 Å². The van der Waals surface area contributed by atoms with Gasteiger partial charge in [-0.1, -0.05) is 76.5 Å². The normalized spacial score (nSPS) is 27.8. The van der Waals surface area contributed by atoms with Gasteiger partial charge < -0.3 is 4.74 Å². The Kier molecular flexibility index (Phi) is 9.02. The standard InChI is InChI=1S/C26H36F6O/c1-2-5-18-8-10-19(11-9-18)12-13-20-14-16-21(17-15-20)22-6-3-4-7-23(22)33-26(31,32)24(27)25(28,29)30/h3-4,6-7,18-21,24H,2,5,8-17H2,1H3. The van der Waals surface area contributed by atoms with Crippen molar-refractivity contribution in [1.82, 2.24) is 0 Å². The van der Waals surface area contributed by atoms with Gasteiger partial charge in [-0.3, -0.25) is 0 Å². The molecule has 2 aliphatic carbocycles. The molecule has 3 rings (SSSR count). The first-order valence-corrected chi connectivity index (χ1v) is 12.5. The van der Waals surface area contributed by atoms with Crippen molar-refractivity contribution in [2.24, 2.45) is 17.8 Å². The lowest BCUT2D eigenvalue weighted by molar-refractivity contribution is -0.305. The van der Waals surface area contributed by atoms with E-state index in [1.807, 2.05) is 0 Å². The van der Waals surface area contributed by atoms with Crippen LogP contribution in [0.2, 0.25) is 0 Å². The van der Waals surface area contributed by atoms with Gasteiger partial charge in [0, 0.05) is 0 Å². The zero-order valence-corrected chi connectivity index (χ0v) is 19.4. The molecular formula is C26H36F6O. The number of rotatable bonds is 9. The predicted molar refractivity (Wildman–Crippen MR) is 117 cm³/mol. The Bertz CT molecular complexity index is 718. The van der Waals surface area contributed by atoms with Crippen LogP contribution in [-0.2, 0) is 0 Å². The maximum Gasteiger partial charge on any atom is 0.439 e. The summed E-state index contributed by atoms with van der Waals surface area (Å²) in [5.74, 6) is 1.89. The summed E-state index contributed by atoms with van der Waals surface area (Å²) >= 11 is 0. The lowest BCUT2D eigenvalue weighted by Gasteiger charge is -2.33. The van der Waals surface area contributed by atoms with Crippen molar-refractivity contribution in [1.29, 1.82) is 0 Å². The lowest BCUT2D eigenvalue weighted by Crippen LogP contribution is -2.45. The summed E-state index contributed by atoms with van der Waals surface area (Å²) in [7, 11) is 0. The summed E-state index contributed by atoms with van der Waals surface area (Å²) in [5, 5.41) is 0. The highest BCUT2D eigenvalue weighted by molar-refractivity contribution is 5.37. The third-order valence-corrected chi connectivity index (χ3v) is 7.68. The van der Waals surface area contributed by atoms with E-state index in [9.17, 15) is 26.3 Å². The van der Waals surface area contributed by atoms with Crippen LogP contribution in [0.15, 0.2) is 24.3 Å². The summed E-state index contributed by atoms with van der Waals surface area (Å²) < 4.78 is 82.7. The van der Waals surface area contributed by atoms with E-state index in [0.29, 0.717) is 11.5 Å². The smallest absolute Gasteiger partial charge is 0.430 e. The number of hydrogen-bond donors (Lipinski definition) is 0. The van der Waals surface area contributed by atoms with Crippen LogP contribution in [0.3, 0.4) is 0 Å². The molecule has 1 aromatic rings. The molecule has 0 aromatic heterocycles. The molecule has 2 aliphatic rings. The fourth-order valence-corrected chi connectivity index (χ4v) is 5.75. The average Bonchev–Trinajstić information content (AvgIpc) is 2.78. The fourth-order valence-electron chi connectivity index (χ4n) is 5.75. The summed E-state index contributed by atoms with van der Waals surface area (Å²) in [6, 6.07) is 5.87. The Balaban J connectivity index is 1.50. The third-order valence-electron chi connectivity index (χ3n) is 7.68. The van der Waals surface area contributed by atoms with Crippen LogP contribution < -0.4 is 4.74 Å². The Hall–Kier alpha value is -1.40. The van der Waals surface area contributed by atoms with Crippen LogP contribution in [0.4, 0.5) is 26.3 Å². The number of benzene rings is 1. The molecule has 0 spiro atoms. The Labute approximate surface area is 193 Å². The molecule has 2 saturated carbocycles. The fraction of sp³-hybridized carbons (Fsp3) is 0.769. The second-order valence-electron chi connectivity index (χ2n) is 10.1. The van der Waals surface area contributed by atoms with Crippen molar-refractivity contribution < 1.29 is 31.1 Å². The minimum Gasteiger partial charge on any atom is -0.430 e. The number of halogens is 6. The van der Waals surface area contributed by atoms with Gasteiger partial charge >= 0.3 is 12.3 Å².